The maximum Gasteiger partial charge on any atom is 0.0702 e. The van der Waals surface area contributed by atoms with Crippen LogP contribution in [0.5, 0.6) is 0 Å². The molecule has 0 bridgehead atoms. The Morgan fingerprint density at radius 2 is 1.95 bits per heavy atom. The van der Waals surface area contributed by atoms with E-state index in [4.69, 9.17) is 17.3 Å². The van der Waals surface area contributed by atoms with Crippen LogP contribution in [0.4, 0.5) is 0 Å². The second-order valence-corrected chi connectivity index (χ2v) is 4.85. The topological polar surface area (TPSA) is 38.9 Å². The third-order valence-electron chi connectivity index (χ3n) is 3.21. The molecule has 3 aromatic rings. The minimum Gasteiger partial charge on any atom is -0.326 e. The second kappa shape index (κ2) is 5.00. The van der Waals surface area contributed by atoms with Crippen LogP contribution in [0.2, 0.25) is 5.02 Å². The largest absolute Gasteiger partial charge is 0.326 e. The number of hydrogen-bond donors (Lipinski definition) is 1. The summed E-state index contributed by atoms with van der Waals surface area (Å²) in [4.78, 5) is 4.33. The van der Waals surface area contributed by atoms with E-state index in [1.807, 2.05) is 30.3 Å². The third kappa shape index (κ3) is 2.33. The molecule has 0 spiro atoms. The van der Waals surface area contributed by atoms with E-state index in [0.29, 0.717) is 6.54 Å². The molecule has 0 aliphatic heterocycles. The van der Waals surface area contributed by atoms with Gasteiger partial charge in [0.05, 0.1) is 5.52 Å². The fraction of sp³-hybridized carbons (Fsp3) is 0.0625. The molecule has 1 heterocycles. The van der Waals surface area contributed by atoms with Gasteiger partial charge in [-0.2, -0.15) is 0 Å². The van der Waals surface area contributed by atoms with Gasteiger partial charge in [0.15, 0.2) is 0 Å². The Hall–Kier alpha value is -1.90. The minimum atomic E-state index is 0.498. The summed E-state index contributed by atoms with van der Waals surface area (Å²) in [6, 6.07) is 16.0. The van der Waals surface area contributed by atoms with Gasteiger partial charge in [0, 0.05) is 23.2 Å². The van der Waals surface area contributed by atoms with Gasteiger partial charge >= 0.3 is 0 Å². The maximum absolute atomic E-state index is 6.09. The van der Waals surface area contributed by atoms with Crippen molar-refractivity contribution >= 4 is 22.5 Å². The first-order valence-electron chi connectivity index (χ1n) is 6.11. The van der Waals surface area contributed by atoms with Crippen LogP contribution in [0.25, 0.3) is 22.0 Å². The van der Waals surface area contributed by atoms with Crippen LogP contribution in [0.1, 0.15) is 5.56 Å². The summed E-state index contributed by atoms with van der Waals surface area (Å²) >= 11 is 6.09. The second-order valence-electron chi connectivity index (χ2n) is 4.42. The fourth-order valence-electron chi connectivity index (χ4n) is 2.24. The highest BCUT2D eigenvalue weighted by molar-refractivity contribution is 6.30. The van der Waals surface area contributed by atoms with Crippen LogP contribution < -0.4 is 5.73 Å². The van der Waals surface area contributed by atoms with Crippen LogP contribution in [0, 0.1) is 0 Å². The lowest BCUT2D eigenvalue weighted by atomic mass is 9.98. The number of rotatable bonds is 2. The highest BCUT2D eigenvalue weighted by Gasteiger charge is 2.06. The third-order valence-corrected chi connectivity index (χ3v) is 3.44. The molecule has 0 saturated heterocycles. The molecule has 1 aromatic heterocycles. The van der Waals surface area contributed by atoms with E-state index in [2.05, 4.69) is 23.2 Å². The molecule has 2 nitrogen and oxygen atoms in total. The van der Waals surface area contributed by atoms with Gasteiger partial charge in [-0.05, 0) is 47.0 Å². The van der Waals surface area contributed by atoms with E-state index >= 15 is 0 Å². The Morgan fingerprint density at radius 3 is 2.79 bits per heavy atom. The van der Waals surface area contributed by atoms with Gasteiger partial charge in [-0.15, -0.1) is 0 Å². The SMILES string of the molecule is NCc1ccc(Cl)cc1-c1ccc2ncccc2c1. The lowest BCUT2D eigenvalue weighted by Crippen LogP contribution is -1.98. The lowest BCUT2D eigenvalue weighted by Gasteiger charge is -2.09. The monoisotopic (exact) mass is 268 g/mol. The molecule has 2 aromatic carbocycles. The molecule has 19 heavy (non-hydrogen) atoms. The van der Waals surface area contributed by atoms with Crippen LogP contribution in [0.3, 0.4) is 0 Å². The molecule has 94 valence electrons. The number of aromatic nitrogens is 1. The van der Waals surface area contributed by atoms with Crippen molar-refractivity contribution in [3.05, 3.63) is 65.3 Å². The van der Waals surface area contributed by atoms with Crippen molar-refractivity contribution in [2.45, 2.75) is 6.54 Å². The van der Waals surface area contributed by atoms with Crippen molar-refractivity contribution in [3.63, 3.8) is 0 Å². The number of benzene rings is 2. The molecule has 0 aliphatic carbocycles. The molecular formula is C16H13ClN2. The number of hydrogen-bond acceptors (Lipinski definition) is 2. The van der Waals surface area contributed by atoms with E-state index in [1.165, 1.54) is 0 Å². The van der Waals surface area contributed by atoms with Crippen LogP contribution in [-0.2, 0) is 6.54 Å². The van der Waals surface area contributed by atoms with Crippen LogP contribution in [-0.4, -0.2) is 4.98 Å². The molecule has 0 aliphatic rings. The predicted molar refractivity (Wildman–Crippen MR) is 80.1 cm³/mol. The zero-order valence-electron chi connectivity index (χ0n) is 10.3. The summed E-state index contributed by atoms with van der Waals surface area (Å²) < 4.78 is 0. The van der Waals surface area contributed by atoms with E-state index < -0.39 is 0 Å². The maximum atomic E-state index is 6.09. The molecule has 0 radical (unpaired) electrons. The molecule has 3 rings (SSSR count). The summed E-state index contributed by atoms with van der Waals surface area (Å²) in [6.07, 6.45) is 1.80. The van der Waals surface area contributed by atoms with Gasteiger partial charge in [-0.3, -0.25) is 4.98 Å². The smallest absolute Gasteiger partial charge is 0.0702 e. The molecule has 0 atom stereocenters. The Kier molecular flexibility index (Phi) is 3.20. The van der Waals surface area contributed by atoms with Crippen molar-refractivity contribution in [1.82, 2.24) is 4.98 Å². The highest BCUT2D eigenvalue weighted by Crippen LogP contribution is 2.29. The minimum absolute atomic E-state index is 0.498. The van der Waals surface area contributed by atoms with Crippen molar-refractivity contribution in [2.24, 2.45) is 5.73 Å². The molecule has 0 unspecified atom stereocenters. The van der Waals surface area contributed by atoms with E-state index in [-0.39, 0.29) is 0 Å². The fourth-order valence-corrected chi connectivity index (χ4v) is 2.41. The standard InChI is InChI=1S/C16H13ClN2/c17-14-5-3-13(10-18)15(9-14)11-4-6-16-12(8-11)2-1-7-19-16/h1-9H,10,18H2. The highest BCUT2D eigenvalue weighted by atomic mass is 35.5. The molecular weight excluding hydrogens is 256 g/mol. The molecule has 0 fully saturated rings. The summed E-state index contributed by atoms with van der Waals surface area (Å²) in [5, 5.41) is 1.83. The first-order valence-corrected chi connectivity index (χ1v) is 6.49. The normalized spacial score (nSPS) is 10.8. The van der Waals surface area contributed by atoms with Crippen molar-refractivity contribution in [2.75, 3.05) is 0 Å². The van der Waals surface area contributed by atoms with Crippen molar-refractivity contribution in [1.29, 1.82) is 0 Å². The van der Waals surface area contributed by atoms with E-state index in [1.54, 1.807) is 6.20 Å². The van der Waals surface area contributed by atoms with Crippen molar-refractivity contribution < 1.29 is 0 Å². The first kappa shape index (κ1) is 12.2. The van der Waals surface area contributed by atoms with Gasteiger partial charge in [0.25, 0.3) is 0 Å². The van der Waals surface area contributed by atoms with Gasteiger partial charge in [0.1, 0.15) is 0 Å². The van der Waals surface area contributed by atoms with Crippen molar-refractivity contribution in [3.8, 4) is 11.1 Å². The molecule has 3 heteroatoms. The average Bonchev–Trinajstić information content (AvgIpc) is 2.46. The lowest BCUT2D eigenvalue weighted by molar-refractivity contribution is 1.07. The van der Waals surface area contributed by atoms with Gasteiger partial charge in [-0.1, -0.05) is 29.8 Å². The summed E-state index contributed by atoms with van der Waals surface area (Å²) in [5.41, 5.74) is 10.1. The summed E-state index contributed by atoms with van der Waals surface area (Å²) in [5.74, 6) is 0. The molecule has 0 amide bonds. The first-order chi connectivity index (χ1) is 9.28. The molecule has 0 saturated carbocycles. The van der Waals surface area contributed by atoms with Gasteiger partial charge in [-0.25, -0.2) is 0 Å². The Morgan fingerprint density at radius 1 is 1.05 bits per heavy atom. The van der Waals surface area contributed by atoms with Crippen LogP contribution >= 0.6 is 11.6 Å². The summed E-state index contributed by atoms with van der Waals surface area (Å²) in [7, 11) is 0. The van der Waals surface area contributed by atoms with E-state index in [9.17, 15) is 0 Å². The number of fused-ring (bicyclic) bond motifs is 1. The number of pyridine rings is 1. The zero-order valence-corrected chi connectivity index (χ0v) is 11.1. The quantitative estimate of drug-likeness (QED) is 0.763. The Labute approximate surface area is 116 Å². The predicted octanol–water partition coefficient (Wildman–Crippen LogP) is 4.01. The van der Waals surface area contributed by atoms with Crippen LogP contribution in [0.15, 0.2) is 54.7 Å². The molecule has 2 N–H and O–H groups in total. The van der Waals surface area contributed by atoms with E-state index in [0.717, 1.165) is 32.6 Å². The Bertz CT molecular complexity index is 738. The number of nitrogens with zero attached hydrogens (tertiary/aromatic N) is 1. The zero-order chi connectivity index (χ0) is 13.2. The van der Waals surface area contributed by atoms with Gasteiger partial charge in [0.2, 0.25) is 0 Å². The summed E-state index contributed by atoms with van der Waals surface area (Å²) in [6.45, 7) is 0.498. The Balaban J connectivity index is 2.21. The van der Waals surface area contributed by atoms with Gasteiger partial charge < -0.3 is 5.73 Å². The average molecular weight is 269 g/mol. The number of halogens is 1. The number of nitrogens with two attached hydrogens (primary N) is 1.